The standard InChI is InChI=1S/C9H11FO2S/c1-6-4-7(2)9(5-8(6)10)13(3,11)12/h4-5H,1-3H3. The summed E-state index contributed by atoms with van der Waals surface area (Å²) in [7, 11) is -3.31. The van der Waals surface area contributed by atoms with E-state index in [0.29, 0.717) is 11.1 Å². The van der Waals surface area contributed by atoms with E-state index in [2.05, 4.69) is 0 Å². The van der Waals surface area contributed by atoms with Crippen LogP contribution in [0.5, 0.6) is 0 Å². The smallest absolute Gasteiger partial charge is 0.175 e. The number of aryl methyl sites for hydroxylation is 2. The molecule has 72 valence electrons. The molecule has 4 heteroatoms. The van der Waals surface area contributed by atoms with Crippen LogP contribution in [0.15, 0.2) is 17.0 Å². The van der Waals surface area contributed by atoms with Gasteiger partial charge in [0.25, 0.3) is 0 Å². The third-order valence-electron chi connectivity index (χ3n) is 1.86. The number of sulfone groups is 1. The lowest BCUT2D eigenvalue weighted by molar-refractivity contribution is 0.592. The van der Waals surface area contributed by atoms with Crippen LogP contribution >= 0.6 is 0 Å². The van der Waals surface area contributed by atoms with Crippen LogP contribution in [0.3, 0.4) is 0 Å². The highest BCUT2D eigenvalue weighted by molar-refractivity contribution is 7.90. The molecule has 2 nitrogen and oxygen atoms in total. The van der Waals surface area contributed by atoms with E-state index in [0.717, 1.165) is 12.3 Å². The van der Waals surface area contributed by atoms with E-state index in [1.807, 2.05) is 0 Å². The molecule has 0 N–H and O–H groups in total. The van der Waals surface area contributed by atoms with Crippen LogP contribution in [0.2, 0.25) is 0 Å². The lowest BCUT2D eigenvalue weighted by Crippen LogP contribution is -2.01. The maximum atomic E-state index is 13.0. The van der Waals surface area contributed by atoms with Gasteiger partial charge in [-0.1, -0.05) is 6.07 Å². The Hall–Kier alpha value is -0.900. The van der Waals surface area contributed by atoms with E-state index in [-0.39, 0.29) is 4.90 Å². The van der Waals surface area contributed by atoms with Gasteiger partial charge in [-0.3, -0.25) is 0 Å². The minimum Gasteiger partial charge on any atom is -0.224 e. The van der Waals surface area contributed by atoms with Crippen molar-refractivity contribution in [1.82, 2.24) is 0 Å². The predicted molar refractivity (Wildman–Crippen MR) is 49.0 cm³/mol. The Morgan fingerprint density at radius 3 is 2.15 bits per heavy atom. The van der Waals surface area contributed by atoms with Crippen LogP contribution in [0.25, 0.3) is 0 Å². The Kier molecular flexibility index (Phi) is 2.43. The Morgan fingerprint density at radius 2 is 1.69 bits per heavy atom. The van der Waals surface area contributed by atoms with Crippen LogP contribution in [0.1, 0.15) is 11.1 Å². The molecule has 0 saturated carbocycles. The van der Waals surface area contributed by atoms with Gasteiger partial charge in [0.2, 0.25) is 0 Å². The van der Waals surface area contributed by atoms with Gasteiger partial charge in [-0.05, 0) is 31.0 Å². The van der Waals surface area contributed by atoms with E-state index < -0.39 is 15.7 Å². The van der Waals surface area contributed by atoms with E-state index >= 15 is 0 Å². The summed E-state index contributed by atoms with van der Waals surface area (Å²) in [5.41, 5.74) is 1.05. The van der Waals surface area contributed by atoms with Crippen LogP contribution < -0.4 is 0 Å². The van der Waals surface area contributed by atoms with Crippen molar-refractivity contribution in [2.45, 2.75) is 18.7 Å². The van der Waals surface area contributed by atoms with Gasteiger partial charge in [0.05, 0.1) is 4.90 Å². The first-order valence-corrected chi connectivity index (χ1v) is 5.68. The zero-order valence-electron chi connectivity index (χ0n) is 7.76. The Bertz CT molecular complexity index is 435. The lowest BCUT2D eigenvalue weighted by atomic mass is 10.1. The highest BCUT2D eigenvalue weighted by Gasteiger charge is 2.12. The molecule has 0 amide bonds. The molecule has 0 aliphatic carbocycles. The topological polar surface area (TPSA) is 34.1 Å². The fourth-order valence-corrected chi connectivity index (χ4v) is 2.17. The highest BCUT2D eigenvalue weighted by Crippen LogP contribution is 2.18. The second-order valence-corrected chi connectivity index (χ2v) is 5.12. The molecule has 0 aliphatic heterocycles. The van der Waals surface area contributed by atoms with Crippen molar-refractivity contribution in [2.24, 2.45) is 0 Å². The zero-order valence-corrected chi connectivity index (χ0v) is 8.57. The minimum absolute atomic E-state index is 0.0654. The van der Waals surface area contributed by atoms with E-state index in [4.69, 9.17) is 0 Å². The molecule has 1 rings (SSSR count). The second-order valence-electron chi connectivity index (χ2n) is 3.14. The second kappa shape index (κ2) is 3.10. The van der Waals surface area contributed by atoms with Crippen molar-refractivity contribution in [3.05, 3.63) is 29.1 Å². The lowest BCUT2D eigenvalue weighted by Gasteiger charge is -2.05. The van der Waals surface area contributed by atoms with Gasteiger partial charge >= 0.3 is 0 Å². The highest BCUT2D eigenvalue weighted by atomic mass is 32.2. The van der Waals surface area contributed by atoms with Crippen LogP contribution in [0, 0.1) is 19.7 Å². The molecular weight excluding hydrogens is 191 g/mol. The van der Waals surface area contributed by atoms with Gasteiger partial charge in [0.15, 0.2) is 9.84 Å². The first kappa shape index (κ1) is 10.2. The predicted octanol–water partition coefficient (Wildman–Crippen LogP) is 1.85. The SMILES string of the molecule is Cc1cc(C)c(S(C)(=O)=O)cc1F. The van der Waals surface area contributed by atoms with Crippen molar-refractivity contribution < 1.29 is 12.8 Å². The molecular formula is C9H11FO2S. The van der Waals surface area contributed by atoms with Crippen LogP contribution in [-0.2, 0) is 9.84 Å². The third-order valence-corrected chi connectivity index (χ3v) is 3.09. The summed E-state index contributed by atoms with van der Waals surface area (Å²) in [5, 5.41) is 0. The van der Waals surface area contributed by atoms with Gasteiger partial charge in [-0.2, -0.15) is 0 Å². The molecule has 0 fully saturated rings. The summed E-state index contributed by atoms with van der Waals surface area (Å²) >= 11 is 0. The number of rotatable bonds is 1. The first-order chi connectivity index (χ1) is 5.82. The molecule has 1 aromatic rings. The van der Waals surface area contributed by atoms with Crippen molar-refractivity contribution in [3.8, 4) is 0 Å². The van der Waals surface area contributed by atoms with Crippen molar-refractivity contribution in [2.75, 3.05) is 6.26 Å². The molecule has 0 atom stereocenters. The van der Waals surface area contributed by atoms with Gasteiger partial charge < -0.3 is 0 Å². The van der Waals surface area contributed by atoms with E-state index in [9.17, 15) is 12.8 Å². The fourth-order valence-electron chi connectivity index (χ4n) is 1.21. The first-order valence-electron chi connectivity index (χ1n) is 3.79. The molecule has 0 aliphatic rings. The number of hydrogen-bond acceptors (Lipinski definition) is 2. The number of benzene rings is 1. The van der Waals surface area contributed by atoms with E-state index in [1.165, 1.54) is 6.07 Å². The van der Waals surface area contributed by atoms with Crippen LogP contribution in [-0.4, -0.2) is 14.7 Å². The average Bonchev–Trinajstić information content (AvgIpc) is 1.94. The van der Waals surface area contributed by atoms with Gasteiger partial charge in [0.1, 0.15) is 5.82 Å². The summed E-state index contributed by atoms with van der Waals surface area (Å²) in [4.78, 5) is 0.0654. The average molecular weight is 202 g/mol. The van der Waals surface area contributed by atoms with Crippen molar-refractivity contribution >= 4 is 9.84 Å². The van der Waals surface area contributed by atoms with Gasteiger partial charge in [-0.15, -0.1) is 0 Å². The Balaban J connectivity index is 3.50. The summed E-state index contributed by atoms with van der Waals surface area (Å²) in [5.74, 6) is -0.481. The normalized spacial score (nSPS) is 11.7. The maximum Gasteiger partial charge on any atom is 0.175 e. The molecule has 0 radical (unpaired) electrons. The zero-order chi connectivity index (χ0) is 10.2. The third kappa shape index (κ3) is 2.06. The molecule has 0 spiro atoms. The molecule has 0 aromatic heterocycles. The van der Waals surface area contributed by atoms with Crippen molar-refractivity contribution in [3.63, 3.8) is 0 Å². The summed E-state index contributed by atoms with van der Waals surface area (Å²) < 4.78 is 35.3. The van der Waals surface area contributed by atoms with Gasteiger partial charge in [-0.25, -0.2) is 12.8 Å². The fraction of sp³-hybridized carbons (Fsp3) is 0.333. The minimum atomic E-state index is -3.31. The largest absolute Gasteiger partial charge is 0.224 e. The van der Waals surface area contributed by atoms with Gasteiger partial charge in [0, 0.05) is 6.26 Å². The summed E-state index contributed by atoms with van der Waals surface area (Å²) in [6.45, 7) is 3.26. The molecule has 0 unspecified atom stereocenters. The quantitative estimate of drug-likeness (QED) is 0.696. The van der Waals surface area contributed by atoms with Crippen molar-refractivity contribution in [1.29, 1.82) is 0 Å². The summed E-state index contributed by atoms with van der Waals surface area (Å²) in [6.07, 6.45) is 1.07. The van der Waals surface area contributed by atoms with E-state index in [1.54, 1.807) is 13.8 Å². The molecule has 13 heavy (non-hydrogen) atoms. The molecule has 0 bridgehead atoms. The number of hydrogen-bond donors (Lipinski definition) is 0. The molecule has 0 saturated heterocycles. The number of halogens is 1. The Morgan fingerprint density at radius 1 is 1.15 bits per heavy atom. The monoisotopic (exact) mass is 202 g/mol. The van der Waals surface area contributed by atoms with Crippen LogP contribution in [0.4, 0.5) is 4.39 Å². The molecule has 1 aromatic carbocycles. The Labute approximate surface area is 77.3 Å². The summed E-state index contributed by atoms with van der Waals surface area (Å²) in [6, 6.07) is 2.60. The maximum absolute atomic E-state index is 13.0. The molecule has 0 heterocycles.